The lowest BCUT2D eigenvalue weighted by Gasteiger charge is -2.21. The van der Waals surface area contributed by atoms with E-state index in [9.17, 15) is 0 Å². The molecule has 0 amide bonds. The zero-order valence-electron chi connectivity index (χ0n) is 11.1. The highest BCUT2D eigenvalue weighted by Gasteiger charge is 2.15. The number of aromatic nitrogens is 1. The van der Waals surface area contributed by atoms with Crippen LogP contribution in [0.2, 0.25) is 0 Å². The molecule has 3 rings (SSSR count). The number of rotatable bonds is 2. The average molecular weight is 295 g/mol. The molecule has 1 saturated heterocycles. The van der Waals surface area contributed by atoms with Gasteiger partial charge in [-0.15, -0.1) is 24.2 Å². The van der Waals surface area contributed by atoms with Crippen molar-refractivity contribution in [3.63, 3.8) is 0 Å². The zero-order valence-corrected chi connectivity index (χ0v) is 12.7. The largest absolute Gasteiger partial charge is 0.317 e. The van der Waals surface area contributed by atoms with Crippen molar-refractivity contribution in [1.82, 2.24) is 10.3 Å². The Hall–Kier alpha value is -0.770. The van der Waals surface area contributed by atoms with Crippen LogP contribution in [0.25, 0.3) is 10.9 Å². The fourth-order valence-electron chi connectivity index (χ4n) is 2.46. The van der Waals surface area contributed by atoms with Gasteiger partial charge in [0.05, 0.1) is 10.5 Å². The minimum absolute atomic E-state index is 0. The van der Waals surface area contributed by atoms with Crippen LogP contribution in [0.3, 0.4) is 0 Å². The van der Waals surface area contributed by atoms with Crippen LogP contribution in [0.5, 0.6) is 0 Å². The molecule has 2 aromatic rings. The van der Waals surface area contributed by atoms with E-state index in [-0.39, 0.29) is 12.4 Å². The van der Waals surface area contributed by atoms with E-state index in [1.54, 1.807) is 0 Å². The zero-order chi connectivity index (χ0) is 12.4. The lowest BCUT2D eigenvalue weighted by atomic mass is 10.1. The number of benzene rings is 1. The molecule has 1 aromatic carbocycles. The van der Waals surface area contributed by atoms with E-state index in [1.807, 2.05) is 11.8 Å². The maximum absolute atomic E-state index is 4.77. The standard InChI is InChI=1S/C15H18N2S.ClH/c1-11-10-15(18-12-6-8-16-9-7-12)17-14-5-3-2-4-13(11)14;/h2-5,10,12,16H,6-9H2,1H3;1H. The summed E-state index contributed by atoms with van der Waals surface area (Å²) in [5.74, 6) is 0. The molecule has 1 fully saturated rings. The maximum Gasteiger partial charge on any atom is 0.0972 e. The van der Waals surface area contributed by atoms with Gasteiger partial charge in [0.2, 0.25) is 0 Å². The van der Waals surface area contributed by atoms with Gasteiger partial charge < -0.3 is 5.32 Å². The van der Waals surface area contributed by atoms with Crippen molar-refractivity contribution >= 4 is 35.1 Å². The molecule has 0 atom stereocenters. The van der Waals surface area contributed by atoms with Crippen LogP contribution in [0.4, 0.5) is 0 Å². The molecule has 2 heterocycles. The van der Waals surface area contributed by atoms with Crippen LogP contribution in [0, 0.1) is 6.92 Å². The van der Waals surface area contributed by atoms with Crippen molar-refractivity contribution in [1.29, 1.82) is 0 Å². The van der Waals surface area contributed by atoms with Gasteiger partial charge in [-0.1, -0.05) is 18.2 Å². The monoisotopic (exact) mass is 294 g/mol. The van der Waals surface area contributed by atoms with Gasteiger partial charge >= 0.3 is 0 Å². The van der Waals surface area contributed by atoms with Gasteiger partial charge in [0, 0.05) is 10.6 Å². The van der Waals surface area contributed by atoms with E-state index in [0.717, 1.165) is 23.9 Å². The molecule has 2 nitrogen and oxygen atoms in total. The van der Waals surface area contributed by atoms with Gasteiger partial charge in [-0.05, 0) is 50.6 Å². The van der Waals surface area contributed by atoms with Gasteiger partial charge in [0.1, 0.15) is 0 Å². The first-order chi connectivity index (χ1) is 8.83. The van der Waals surface area contributed by atoms with Crippen LogP contribution >= 0.6 is 24.2 Å². The molecule has 0 radical (unpaired) electrons. The fourth-order valence-corrected chi connectivity index (χ4v) is 3.67. The summed E-state index contributed by atoms with van der Waals surface area (Å²) in [5, 5.41) is 6.58. The van der Waals surface area contributed by atoms with Gasteiger partial charge in [-0.2, -0.15) is 0 Å². The highest BCUT2D eigenvalue weighted by Crippen LogP contribution is 2.30. The van der Waals surface area contributed by atoms with Crippen LogP contribution in [-0.2, 0) is 0 Å². The second-order valence-electron chi connectivity index (χ2n) is 4.86. The summed E-state index contributed by atoms with van der Waals surface area (Å²) in [4.78, 5) is 4.77. The Bertz CT molecular complexity index is 553. The van der Waals surface area contributed by atoms with Crippen molar-refractivity contribution in [2.24, 2.45) is 0 Å². The van der Waals surface area contributed by atoms with E-state index in [4.69, 9.17) is 4.98 Å². The van der Waals surface area contributed by atoms with E-state index >= 15 is 0 Å². The van der Waals surface area contributed by atoms with Crippen molar-refractivity contribution < 1.29 is 0 Å². The SMILES string of the molecule is Cc1cc(SC2CCNCC2)nc2ccccc12.Cl. The Morgan fingerprint density at radius 3 is 2.74 bits per heavy atom. The van der Waals surface area contributed by atoms with Crippen LogP contribution < -0.4 is 5.32 Å². The molecule has 0 aliphatic carbocycles. The molecule has 0 saturated carbocycles. The van der Waals surface area contributed by atoms with Crippen molar-refractivity contribution in [2.45, 2.75) is 30.0 Å². The molecule has 0 spiro atoms. The molecule has 4 heteroatoms. The highest BCUT2D eigenvalue weighted by molar-refractivity contribution is 7.99. The summed E-state index contributed by atoms with van der Waals surface area (Å²) in [5.41, 5.74) is 2.45. The number of thioether (sulfide) groups is 1. The Morgan fingerprint density at radius 2 is 1.95 bits per heavy atom. The number of nitrogens with one attached hydrogen (secondary N) is 1. The van der Waals surface area contributed by atoms with Gasteiger partial charge in [0.15, 0.2) is 0 Å². The molecule has 1 aliphatic rings. The predicted molar refractivity (Wildman–Crippen MR) is 85.5 cm³/mol. The normalized spacial score (nSPS) is 16.3. The molecule has 0 bridgehead atoms. The predicted octanol–water partition coefficient (Wildman–Crippen LogP) is 3.81. The minimum atomic E-state index is 0. The number of fused-ring (bicyclic) bond motifs is 1. The third kappa shape index (κ3) is 3.41. The van der Waals surface area contributed by atoms with E-state index in [2.05, 4.69) is 42.6 Å². The molecule has 0 unspecified atom stereocenters. The van der Waals surface area contributed by atoms with Crippen LogP contribution in [-0.4, -0.2) is 23.3 Å². The quantitative estimate of drug-likeness (QED) is 0.912. The Kier molecular flexibility index (Phi) is 5.08. The second-order valence-corrected chi connectivity index (χ2v) is 6.18. The number of nitrogens with zero attached hydrogens (tertiary/aromatic N) is 1. The average Bonchev–Trinajstić information content (AvgIpc) is 2.40. The van der Waals surface area contributed by atoms with Crippen molar-refractivity contribution in [2.75, 3.05) is 13.1 Å². The third-order valence-corrected chi connectivity index (χ3v) is 4.73. The van der Waals surface area contributed by atoms with E-state index < -0.39 is 0 Å². The molecule has 1 N–H and O–H groups in total. The number of hydrogen-bond acceptors (Lipinski definition) is 3. The summed E-state index contributed by atoms with van der Waals surface area (Å²) in [6.45, 7) is 4.46. The molecule has 19 heavy (non-hydrogen) atoms. The van der Waals surface area contributed by atoms with Crippen LogP contribution in [0.15, 0.2) is 35.4 Å². The number of para-hydroxylation sites is 1. The van der Waals surface area contributed by atoms with Gasteiger partial charge in [0.25, 0.3) is 0 Å². The lowest BCUT2D eigenvalue weighted by molar-refractivity contribution is 0.531. The molecule has 1 aliphatic heterocycles. The van der Waals surface area contributed by atoms with Gasteiger partial charge in [-0.3, -0.25) is 0 Å². The summed E-state index contributed by atoms with van der Waals surface area (Å²) in [7, 11) is 0. The smallest absolute Gasteiger partial charge is 0.0972 e. The first kappa shape index (κ1) is 14.6. The molecule has 1 aromatic heterocycles. The van der Waals surface area contributed by atoms with E-state index in [0.29, 0.717) is 0 Å². The highest BCUT2D eigenvalue weighted by atomic mass is 35.5. The van der Waals surface area contributed by atoms with Crippen LogP contribution in [0.1, 0.15) is 18.4 Å². The maximum atomic E-state index is 4.77. The summed E-state index contributed by atoms with van der Waals surface area (Å²) >= 11 is 1.94. The van der Waals surface area contributed by atoms with E-state index in [1.165, 1.54) is 28.8 Å². The number of pyridine rings is 1. The number of aryl methyl sites for hydroxylation is 1. The summed E-state index contributed by atoms with van der Waals surface area (Å²) in [6.07, 6.45) is 2.50. The Labute approximate surface area is 124 Å². The molecular weight excluding hydrogens is 276 g/mol. The number of hydrogen-bond donors (Lipinski definition) is 1. The van der Waals surface area contributed by atoms with Crippen molar-refractivity contribution in [3.05, 3.63) is 35.9 Å². The minimum Gasteiger partial charge on any atom is -0.317 e. The Morgan fingerprint density at radius 1 is 1.21 bits per heavy atom. The summed E-state index contributed by atoms with van der Waals surface area (Å²) in [6, 6.07) is 10.6. The Balaban J connectivity index is 0.00000133. The summed E-state index contributed by atoms with van der Waals surface area (Å²) < 4.78 is 0. The first-order valence-electron chi connectivity index (χ1n) is 6.57. The topological polar surface area (TPSA) is 24.9 Å². The lowest BCUT2D eigenvalue weighted by Crippen LogP contribution is -2.29. The molecular formula is C15H19ClN2S. The molecule has 102 valence electrons. The van der Waals surface area contributed by atoms with Gasteiger partial charge in [-0.25, -0.2) is 4.98 Å². The number of halogens is 1. The van der Waals surface area contributed by atoms with Crippen molar-refractivity contribution in [3.8, 4) is 0 Å². The first-order valence-corrected chi connectivity index (χ1v) is 7.44. The second kappa shape index (κ2) is 6.60. The third-order valence-electron chi connectivity index (χ3n) is 3.47. The number of piperidine rings is 1. The fraction of sp³-hybridized carbons (Fsp3) is 0.400.